The summed E-state index contributed by atoms with van der Waals surface area (Å²) < 4.78 is 5.34. The van der Waals surface area contributed by atoms with Crippen LogP contribution in [0.1, 0.15) is 48.0 Å². The number of hydrogen-bond donors (Lipinski definition) is 0. The van der Waals surface area contributed by atoms with E-state index in [-0.39, 0.29) is 5.78 Å². The van der Waals surface area contributed by atoms with Crippen molar-refractivity contribution in [2.75, 3.05) is 27.2 Å². The lowest BCUT2D eigenvalue weighted by Gasteiger charge is -2.26. The quantitative estimate of drug-likeness (QED) is 0.748. The predicted octanol–water partition coefficient (Wildman–Crippen LogP) is 3.70. The van der Waals surface area contributed by atoms with E-state index < -0.39 is 0 Å². The maximum atomic E-state index is 12.5. The predicted molar refractivity (Wildman–Crippen MR) is 86.1 cm³/mol. The van der Waals surface area contributed by atoms with Crippen LogP contribution in [0.2, 0.25) is 0 Å². The van der Waals surface area contributed by atoms with Crippen molar-refractivity contribution in [2.24, 2.45) is 5.92 Å². The maximum Gasteiger partial charge on any atom is 0.180 e. The highest BCUT2D eigenvalue weighted by atomic mass is 16.5. The van der Waals surface area contributed by atoms with Crippen LogP contribution < -0.4 is 4.74 Å². The molecule has 1 aliphatic rings. The Morgan fingerprint density at radius 2 is 2.00 bits per heavy atom. The van der Waals surface area contributed by atoms with E-state index in [9.17, 15) is 4.79 Å². The van der Waals surface area contributed by atoms with Crippen LogP contribution in [0, 0.1) is 12.8 Å². The van der Waals surface area contributed by atoms with Crippen LogP contribution in [0.4, 0.5) is 0 Å². The fraction of sp³-hybridized carbons (Fsp3) is 0.611. The number of aryl methyl sites for hydroxylation is 1. The first kappa shape index (κ1) is 16.0. The average molecular weight is 289 g/mol. The summed E-state index contributed by atoms with van der Waals surface area (Å²) in [5.74, 6) is 1.59. The topological polar surface area (TPSA) is 29.5 Å². The van der Waals surface area contributed by atoms with Crippen LogP contribution in [-0.4, -0.2) is 37.9 Å². The molecule has 0 heterocycles. The molecule has 0 aliphatic heterocycles. The second-order valence-electron chi connectivity index (χ2n) is 6.33. The van der Waals surface area contributed by atoms with Gasteiger partial charge in [-0.3, -0.25) is 9.69 Å². The van der Waals surface area contributed by atoms with Crippen molar-refractivity contribution < 1.29 is 9.53 Å². The van der Waals surface area contributed by atoms with Crippen LogP contribution in [0.25, 0.3) is 0 Å². The minimum absolute atomic E-state index is 0.144. The zero-order chi connectivity index (χ0) is 15.2. The van der Waals surface area contributed by atoms with Gasteiger partial charge in [-0.25, -0.2) is 0 Å². The van der Waals surface area contributed by atoms with Gasteiger partial charge in [-0.15, -0.1) is 0 Å². The molecule has 0 N–H and O–H groups in total. The average Bonchev–Trinajstić information content (AvgIpc) is 2.47. The molecule has 1 aliphatic carbocycles. The van der Waals surface area contributed by atoms with Gasteiger partial charge in [0.15, 0.2) is 5.78 Å². The molecule has 0 saturated heterocycles. The summed E-state index contributed by atoms with van der Waals surface area (Å²) in [5, 5.41) is 0. The molecule has 0 radical (unpaired) electrons. The molecular formula is C18H27NO2. The number of likely N-dealkylation sites (N-methyl/N-ethyl adjacent to an activating group) is 1. The molecule has 0 spiro atoms. The third-order valence-electron chi connectivity index (χ3n) is 4.37. The van der Waals surface area contributed by atoms with Crippen molar-refractivity contribution in [3.05, 3.63) is 29.3 Å². The second-order valence-corrected chi connectivity index (χ2v) is 6.33. The van der Waals surface area contributed by atoms with Crippen molar-refractivity contribution in [3.8, 4) is 5.75 Å². The molecule has 2 rings (SSSR count). The summed E-state index contributed by atoms with van der Waals surface area (Å²) in [6.07, 6.45) is 6.69. The smallest absolute Gasteiger partial charge is 0.180 e. The number of hydrogen-bond acceptors (Lipinski definition) is 3. The Kier molecular flexibility index (Phi) is 5.80. The highest BCUT2D eigenvalue weighted by Crippen LogP contribution is 2.25. The number of carbonyl (C=O) groups excluding carboxylic acids is 1. The first-order chi connectivity index (χ1) is 10.1. The third-order valence-corrected chi connectivity index (χ3v) is 4.37. The van der Waals surface area contributed by atoms with Gasteiger partial charge in [-0.2, -0.15) is 0 Å². The van der Waals surface area contributed by atoms with E-state index in [2.05, 4.69) is 4.90 Å². The van der Waals surface area contributed by atoms with Crippen molar-refractivity contribution in [2.45, 2.75) is 39.0 Å². The Morgan fingerprint density at radius 3 is 2.67 bits per heavy atom. The van der Waals surface area contributed by atoms with Gasteiger partial charge in [0.25, 0.3) is 0 Å². The Morgan fingerprint density at radius 1 is 1.29 bits per heavy atom. The van der Waals surface area contributed by atoms with Crippen molar-refractivity contribution in [1.29, 1.82) is 0 Å². The normalized spacial score (nSPS) is 16.2. The summed E-state index contributed by atoms with van der Waals surface area (Å²) in [6.45, 7) is 3.50. The van der Waals surface area contributed by atoms with E-state index in [0.717, 1.165) is 18.0 Å². The summed E-state index contributed by atoms with van der Waals surface area (Å²) in [5.41, 5.74) is 1.80. The molecule has 0 bridgehead atoms. The van der Waals surface area contributed by atoms with Gasteiger partial charge < -0.3 is 4.74 Å². The third kappa shape index (κ3) is 4.57. The molecular weight excluding hydrogens is 262 g/mol. The zero-order valence-electron chi connectivity index (χ0n) is 13.5. The monoisotopic (exact) mass is 289 g/mol. The first-order valence-electron chi connectivity index (χ1n) is 7.96. The molecule has 3 heteroatoms. The zero-order valence-corrected chi connectivity index (χ0v) is 13.5. The van der Waals surface area contributed by atoms with Crippen molar-refractivity contribution in [3.63, 3.8) is 0 Å². The maximum absolute atomic E-state index is 12.5. The van der Waals surface area contributed by atoms with Crippen molar-refractivity contribution >= 4 is 5.78 Å². The minimum atomic E-state index is 0.144. The Balaban J connectivity index is 1.94. The summed E-state index contributed by atoms with van der Waals surface area (Å²) in [4.78, 5) is 14.6. The number of ketones is 1. The fourth-order valence-corrected chi connectivity index (χ4v) is 3.23. The van der Waals surface area contributed by atoms with Crippen LogP contribution in [0.15, 0.2) is 18.2 Å². The summed E-state index contributed by atoms with van der Waals surface area (Å²) >= 11 is 0. The number of nitrogens with zero attached hydrogens (tertiary/aromatic N) is 1. The molecule has 0 unspecified atom stereocenters. The highest BCUT2D eigenvalue weighted by Gasteiger charge is 2.18. The van der Waals surface area contributed by atoms with E-state index in [4.69, 9.17) is 4.74 Å². The highest BCUT2D eigenvalue weighted by molar-refractivity contribution is 6.00. The lowest BCUT2D eigenvalue weighted by atomic mass is 9.89. The van der Waals surface area contributed by atoms with Crippen molar-refractivity contribution in [1.82, 2.24) is 4.90 Å². The number of benzene rings is 1. The molecule has 0 atom stereocenters. The van der Waals surface area contributed by atoms with Gasteiger partial charge in [0.1, 0.15) is 5.75 Å². The largest absolute Gasteiger partial charge is 0.496 e. The molecule has 1 fully saturated rings. The molecule has 116 valence electrons. The SMILES string of the molecule is COc1cc(C)ccc1C(=O)CN(C)CC1CCCCC1. The number of carbonyl (C=O) groups is 1. The summed E-state index contributed by atoms with van der Waals surface area (Å²) in [7, 11) is 3.67. The van der Waals surface area contributed by atoms with E-state index in [1.54, 1.807) is 7.11 Å². The summed E-state index contributed by atoms with van der Waals surface area (Å²) in [6, 6.07) is 5.77. The Labute approximate surface area is 128 Å². The molecule has 0 aromatic heterocycles. The van der Waals surface area contributed by atoms with Gasteiger partial charge in [-0.1, -0.05) is 25.3 Å². The molecule has 1 aromatic carbocycles. The number of rotatable bonds is 6. The van der Waals surface area contributed by atoms with E-state index in [1.807, 2.05) is 32.2 Å². The van der Waals surface area contributed by atoms with Crippen LogP contribution in [-0.2, 0) is 0 Å². The van der Waals surface area contributed by atoms with E-state index in [0.29, 0.717) is 17.9 Å². The van der Waals surface area contributed by atoms with Gasteiger partial charge in [0.2, 0.25) is 0 Å². The van der Waals surface area contributed by atoms with Gasteiger partial charge >= 0.3 is 0 Å². The lowest BCUT2D eigenvalue weighted by Crippen LogP contribution is -2.31. The standard InChI is InChI=1S/C18H27NO2/c1-14-9-10-16(18(11-14)21-3)17(20)13-19(2)12-15-7-5-4-6-8-15/h9-11,15H,4-8,12-13H2,1-3H3. The van der Waals surface area contributed by atoms with Gasteiger partial charge in [0.05, 0.1) is 19.2 Å². The molecule has 0 amide bonds. The minimum Gasteiger partial charge on any atom is -0.496 e. The van der Waals surface area contributed by atoms with Crippen LogP contribution >= 0.6 is 0 Å². The fourth-order valence-electron chi connectivity index (χ4n) is 3.23. The molecule has 21 heavy (non-hydrogen) atoms. The number of methoxy groups -OCH3 is 1. The molecule has 3 nitrogen and oxygen atoms in total. The van der Waals surface area contributed by atoms with Gasteiger partial charge in [-0.05, 0) is 50.4 Å². The molecule has 1 saturated carbocycles. The Bertz CT molecular complexity index is 478. The number of Topliss-reactive ketones (excluding diaryl/α,β-unsaturated/α-hetero) is 1. The van der Waals surface area contributed by atoms with E-state index in [1.165, 1.54) is 32.1 Å². The number of ether oxygens (including phenoxy) is 1. The Hall–Kier alpha value is -1.35. The lowest BCUT2D eigenvalue weighted by molar-refractivity contribution is 0.0929. The van der Waals surface area contributed by atoms with Crippen LogP contribution in [0.5, 0.6) is 5.75 Å². The van der Waals surface area contributed by atoms with E-state index >= 15 is 0 Å². The van der Waals surface area contributed by atoms with Crippen LogP contribution in [0.3, 0.4) is 0 Å². The van der Waals surface area contributed by atoms with Gasteiger partial charge in [0, 0.05) is 6.54 Å². The first-order valence-corrected chi connectivity index (χ1v) is 7.96. The second kappa shape index (κ2) is 7.60. The molecule has 1 aromatic rings.